The lowest BCUT2D eigenvalue weighted by molar-refractivity contribution is -0.136. The van der Waals surface area contributed by atoms with Crippen LogP contribution < -0.4 is 10.2 Å². The molecule has 0 bridgehead atoms. The minimum absolute atomic E-state index is 0.0160. The van der Waals surface area contributed by atoms with Crippen LogP contribution in [-0.2, 0) is 20.8 Å². The van der Waals surface area contributed by atoms with E-state index in [1.54, 1.807) is 24.3 Å². The Morgan fingerprint density at radius 3 is 2.88 bits per heavy atom. The number of aromatic nitrogens is 1. The highest BCUT2D eigenvalue weighted by molar-refractivity contribution is 7.14. The maximum atomic E-state index is 12.5. The van der Waals surface area contributed by atoms with Gasteiger partial charge in [0.05, 0.1) is 29.2 Å². The van der Waals surface area contributed by atoms with Gasteiger partial charge in [0.25, 0.3) is 5.91 Å². The molecule has 2 aromatic rings. The van der Waals surface area contributed by atoms with E-state index in [9.17, 15) is 14.4 Å². The lowest BCUT2D eigenvalue weighted by Crippen LogP contribution is -2.34. The van der Waals surface area contributed by atoms with Gasteiger partial charge in [0, 0.05) is 5.38 Å². The maximum Gasteiger partial charge on any atom is 0.309 e. The molecule has 1 aromatic carbocycles. The third-order valence-corrected chi connectivity index (χ3v) is 4.62. The number of carbonyl (C=O) groups excluding carboxylic acids is 2. The minimum Gasteiger partial charge on any atom is -0.481 e. The number of aliphatic carboxylic acids is 1. The molecule has 0 saturated carbocycles. The van der Waals surface area contributed by atoms with Crippen LogP contribution in [0.4, 0.5) is 10.8 Å². The van der Waals surface area contributed by atoms with E-state index in [-0.39, 0.29) is 23.9 Å². The Labute approximate surface area is 145 Å². The fraction of sp³-hybridized carbons (Fsp3) is 0.200. The minimum atomic E-state index is -1.02. The lowest BCUT2D eigenvalue weighted by Gasteiger charge is -2.14. The van der Waals surface area contributed by atoms with Gasteiger partial charge in [-0.05, 0) is 12.1 Å². The molecule has 1 saturated heterocycles. The van der Waals surface area contributed by atoms with Gasteiger partial charge in [-0.25, -0.2) is 9.88 Å². The summed E-state index contributed by atoms with van der Waals surface area (Å²) in [6.07, 6.45) is -0.272. The summed E-state index contributed by atoms with van der Waals surface area (Å²) in [5.74, 6) is -1.85. The number of hydrogen-bond donors (Lipinski definition) is 2. The SMILES string of the molecule is O=C(O)Cc1csc(N2C(=O)CC(Nc3ccccc3Cl)C2=O)n1. The van der Waals surface area contributed by atoms with Crippen LogP contribution >= 0.6 is 22.9 Å². The van der Waals surface area contributed by atoms with Crippen molar-refractivity contribution in [2.45, 2.75) is 18.9 Å². The summed E-state index contributed by atoms with van der Waals surface area (Å²) in [6.45, 7) is 0. The number of rotatable bonds is 5. The van der Waals surface area contributed by atoms with E-state index in [4.69, 9.17) is 16.7 Å². The van der Waals surface area contributed by atoms with Crippen molar-refractivity contribution in [3.05, 3.63) is 40.4 Å². The standard InChI is InChI=1S/C15H12ClN3O4S/c16-9-3-1-2-4-10(9)18-11-6-12(20)19(14(11)23)15-17-8(7-24-15)5-13(21)22/h1-4,7,11,18H,5-6H2,(H,21,22). The zero-order valence-corrected chi connectivity index (χ0v) is 13.8. The van der Waals surface area contributed by atoms with E-state index in [2.05, 4.69) is 10.3 Å². The monoisotopic (exact) mass is 365 g/mol. The molecule has 9 heteroatoms. The molecule has 0 aliphatic carbocycles. The van der Waals surface area contributed by atoms with Crippen molar-refractivity contribution < 1.29 is 19.5 Å². The third kappa shape index (κ3) is 3.24. The number of para-hydroxylation sites is 1. The number of hydrogen-bond acceptors (Lipinski definition) is 6. The van der Waals surface area contributed by atoms with Gasteiger partial charge >= 0.3 is 5.97 Å². The van der Waals surface area contributed by atoms with Gasteiger partial charge in [0.15, 0.2) is 5.13 Å². The highest BCUT2D eigenvalue weighted by Crippen LogP contribution is 2.29. The van der Waals surface area contributed by atoms with Crippen LogP contribution in [0.2, 0.25) is 5.02 Å². The first kappa shape index (κ1) is 16.4. The number of anilines is 2. The van der Waals surface area contributed by atoms with Crippen molar-refractivity contribution in [1.29, 1.82) is 0 Å². The second kappa shape index (κ2) is 6.58. The van der Waals surface area contributed by atoms with Crippen LogP contribution in [0.25, 0.3) is 0 Å². The molecule has 0 spiro atoms. The summed E-state index contributed by atoms with van der Waals surface area (Å²) in [4.78, 5) is 40.5. The van der Waals surface area contributed by atoms with E-state index in [1.165, 1.54) is 5.38 Å². The van der Waals surface area contributed by atoms with Crippen LogP contribution in [0.15, 0.2) is 29.6 Å². The molecule has 124 valence electrons. The fourth-order valence-electron chi connectivity index (χ4n) is 2.35. The number of carbonyl (C=O) groups is 3. The summed E-state index contributed by atoms with van der Waals surface area (Å²) in [5.41, 5.74) is 0.878. The van der Waals surface area contributed by atoms with Crippen molar-refractivity contribution in [2.75, 3.05) is 10.2 Å². The zero-order valence-electron chi connectivity index (χ0n) is 12.2. The number of imide groups is 1. The average Bonchev–Trinajstić information content (AvgIpc) is 3.06. The van der Waals surface area contributed by atoms with Crippen molar-refractivity contribution in [2.24, 2.45) is 0 Å². The van der Waals surface area contributed by atoms with Gasteiger partial charge in [-0.2, -0.15) is 0 Å². The molecule has 0 radical (unpaired) electrons. The van der Waals surface area contributed by atoms with Gasteiger partial charge in [0.2, 0.25) is 5.91 Å². The molecule has 1 unspecified atom stereocenters. The maximum absolute atomic E-state index is 12.5. The molecule has 1 aromatic heterocycles. The van der Waals surface area contributed by atoms with Crippen LogP contribution in [-0.4, -0.2) is 33.9 Å². The van der Waals surface area contributed by atoms with Crippen molar-refractivity contribution in [3.63, 3.8) is 0 Å². The average molecular weight is 366 g/mol. The third-order valence-electron chi connectivity index (χ3n) is 3.41. The molecular formula is C15H12ClN3O4S. The Bertz CT molecular complexity index is 823. The van der Waals surface area contributed by atoms with E-state index in [0.29, 0.717) is 16.4 Å². The topological polar surface area (TPSA) is 99.6 Å². The first-order chi connectivity index (χ1) is 11.5. The molecule has 1 aliphatic rings. The van der Waals surface area contributed by atoms with Crippen molar-refractivity contribution >= 4 is 51.5 Å². The van der Waals surface area contributed by atoms with Crippen LogP contribution in [0.5, 0.6) is 0 Å². The number of halogens is 1. The zero-order chi connectivity index (χ0) is 17.3. The number of carboxylic acids is 1. The van der Waals surface area contributed by atoms with Gasteiger partial charge in [-0.15, -0.1) is 11.3 Å². The molecule has 24 heavy (non-hydrogen) atoms. The molecule has 2 amide bonds. The summed E-state index contributed by atoms with van der Waals surface area (Å²) in [6, 6.07) is 6.20. The first-order valence-electron chi connectivity index (χ1n) is 7.00. The van der Waals surface area contributed by atoms with Crippen LogP contribution in [0.1, 0.15) is 12.1 Å². The predicted octanol–water partition coefficient (Wildman–Crippen LogP) is 2.17. The largest absolute Gasteiger partial charge is 0.481 e. The van der Waals surface area contributed by atoms with E-state index in [0.717, 1.165) is 16.2 Å². The molecule has 2 heterocycles. The second-order valence-electron chi connectivity index (χ2n) is 5.14. The highest BCUT2D eigenvalue weighted by atomic mass is 35.5. The van der Waals surface area contributed by atoms with Crippen molar-refractivity contribution in [1.82, 2.24) is 4.98 Å². The number of amides is 2. The molecule has 1 fully saturated rings. The number of thiazole rings is 1. The van der Waals surface area contributed by atoms with E-state index in [1.807, 2.05) is 0 Å². The predicted molar refractivity (Wildman–Crippen MR) is 89.4 cm³/mol. The Kier molecular flexibility index (Phi) is 4.50. The van der Waals surface area contributed by atoms with E-state index < -0.39 is 17.9 Å². The number of nitrogens with zero attached hydrogens (tertiary/aromatic N) is 2. The summed E-state index contributed by atoms with van der Waals surface area (Å²) < 4.78 is 0. The Hall–Kier alpha value is -2.45. The van der Waals surface area contributed by atoms with Crippen LogP contribution in [0.3, 0.4) is 0 Å². The number of carboxylic acid groups (broad SMARTS) is 1. The summed E-state index contributed by atoms with van der Waals surface area (Å²) in [7, 11) is 0. The van der Waals surface area contributed by atoms with E-state index >= 15 is 0 Å². The Morgan fingerprint density at radius 2 is 2.17 bits per heavy atom. The Balaban J connectivity index is 1.78. The fourth-order valence-corrected chi connectivity index (χ4v) is 3.38. The lowest BCUT2D eigenvalue weighted by atomic mass is 10.2. The molecule has 7 nitrogen and oxygen atoms in total. The summed E-state index contributed by atoms with van der Waals surface area (Å²) >= 11 is 7.12. The molecule has 1 aliphatic heterocycles. The van der Waals surface area contributed by atoms with Crippen LogP contribution in [0, 0.1) is 0 Å². The highest BCUT2D eigenvalue weighted by Gasteiger charge is 2.41. The molecule has 2 N–H and O–H groups in total. The quantitative estimate of drug-likeness (QED) is 0.788. The van der Waals surface area contributed by atoms with Gasteiger partial charge < -0.3 is 10.4 Å². The number of benzene rings is 1. The molecule has 3 rings (SSSR count). The van der Waals surface area contributed by atoms with Gasteiger partial charge in [0.1, 0.15) is 6.04 Å². The Morgan fingerprint density at radius 1 is 1.42 bits per heavy atom. The smallest absolute Gasteiger partial charge is 0.309 e. The molecule has 1 atom stereocenters. The van der Waals surface area contributed by atoms with Crippen molar-refractivity contribution in [3.8, 4) is 0 Å². The van der Waals surface area contributed by atoms with Gasteiger partial charge in [-0.3, -0.25) is 14.4 Å². The summed E-state index contributed by atoms with van der Waals surface area (Å²) in [5, 5.41) is 13.9. The number of nitrogens with one attached hydrogen (secondary N) is 1. The second-order valence-corrected chi connectivity index (χ2v) is 6.38. The first-order valence-corrected chi connectivity index (χ1v) is 8.25. The van der Waals surface area contributed by atoms with Gasteiger partial charge in [-0.1, -0.05) is 23.7 Å². The normalized spacial score (nSPS) is 17.4. The molecular weight excluding hydrogens is 354 g/mol.